The molecule has 0 aliphatic carbocycles. The third-order valence-corrected chi connectivity index (χ3v) is 4.71. The second-order valence-corrected chi connectivity index (χ2v) is 6.44. The highest BCUT2D eigenvalue weighted by molar-refractivity contribution is 5.94. The van der Waals surface area contributed by atoms with Crippen molar-refractivity contribution in [2.24, 2.45) is 0 Å². The molecule has 1 aliphatic rings. The quantitative estimate of drug-likeness (QED) is 0.787. The van der Waals surface area contributed by atoms with Crippen molar-refractivity contribution in [2.45, 2.75) is 6.54 Å². The van der Waals surface area contributed by atoms with Crippen molar-refractivity contribution in [1.29, 1.82) is 0 Å². The zero-order valence-corrected chi connectivity index (χ0v) is 14.5. The van der Waals surface area contributed by atoms with Gasteiger partial charge in [0.2, 0.25) is 0 Å². The molecule has 4 rings (SSSR count). The molecule has 6 nitrogen and oxygen atoms in total. The summed E-state index contributed by atoms with van der Waals surface area (Å²) in [7, 11) is 0. The number of hydrogen-bond donors (Lipinski definition) is 1. The van der Waals surface area contributed by atoms with Crippen molar-refractivity contribution in [2.75, 3.05) is 26.2 Å². The second kappa shape index (κ2) is 7.49. The largest absolute Gasteiger partial charge is 0.336 e. The van der Waals surface area contributed by atoms with Crippen LogP contribution in [0.5, 0.6) is 0 Å². The summed E-state index contributed by atoms with van der Waals surface area (Å²) in [6.45, 7) is 4.06. The molecule has 2 aromatic heterocycles. The van der Waals surface area contributed by atoms with Crippen molar-refractivity contribution in [3.8, 4) is 11.3 Å². The number of piperazine rings is 1. The molecule has 0 bridgehead atoms. The minimum Gasteiger partial charge on any atom is -0.336 e. The maximum atomic E-state index is 12.7. The summed E-state index contributed by atoms with van der Waals surface area (Å²) >= 11 is 0. The number of pyridine rings is 1. The van der Waals surface area contributed by atoms with Gasteiger partial charge in [-0.3, -0.25) is 19.8 Å². The van der Waals surface area contributed by atoms with Gasteiger partial charge >= 0.3 is 0 Å². The van der Waals surface area contributed by atoms with Gasteiger partial charge in [-0.15, -0.1) is 0 Å². The molecule has 1 saturated heterocycles. The minimum atomic E-state index is 0.0960. The Labute approximate surface area is 152 Å². The molecule has 1 fully saturated rings. The van der Waals surface area contributed by atoms with Crippen LogP contribution >= 0.6 is 0 Å². The van der Waals surface area contributed by atoms with Crippen LogP contribution in [0.3, 0.4) is 0 Å². The molecule has 1 aliphatic heterocycles. The Kier molecular flexibility index (Phi) is 4.75. The van der Waals surface area contributed by atoms with Gasteiger partial charge in [0.15, 0.2) is 0 Å². The van der Waals surface area contributed by atoms with Crippen molar-refractivity contribution in [1.82, 2.24) is 25.0 Å². The zero-order chi connectivity index (χ0) is 17.8. The van der Waals surface area contributed by atoms with Crippen LogP contribution in [0.4, 0.5) is 0 Å². The van der Waals surface area contributed by atoms with E-state index in [1.54, 1.807) is 6.20 Å². The predicted octanol–water partition coefficient (Wildman–Crippen LogP) is 2.43. The van der Waals surface area contributed by atoms with Crippen LogP contribution in [0.25, 0.3) is 11.3 Å². The minimum absolute atomic E-state index is 0.0960. The van der Waals surface area contributed by atoms with Crippen LogP contribution in [0, 0.1) is 0 Å². The lowest BCUT2D eigenvalue weighted by molar-refractivity contribution is 0.0627. The van der Waals surface area contributed by atoms with Crippen molar-refractivity contribution >= 4 is 5.91 Å². The van der Waals surface area contributed by atoms with E-state index in [1.807, 2.05) is 59.6 Å². The lowest BCUT2D eigenvalue weighted by Crippen LogP contribution is -2.48. The van der Waals surface area contributed by atoms with Crippen LogP contribution in [-0.4, -0.2) is 57.1 Å². The first-order chi connectivity index (χ1) is 12.8. The van der Waals surface area contributed by atoms with Crippen LogP contribution in [0.1, 0.15) is 16.1 Å². The van der Waals surface area contributed by atoms with Gasteiger partial charge in [-0.25, -0.2) is 0 Å². The van der Waals surface area contributed by atoms with Crippen LogP contribution in [-0.2, 0) is 6.54 Å². The van der Waals surface area contributed by atoms with E-state index in [-0.39, 0.29) is 5.91 Å². The molecule has 0 atom stereocenters. The van der Waals surface area contributed by atoms with Crippen LogP contribution in [0.2, 0.25) is 0 Å². The number of carbonyl (C=O) groups excluding carboxylic acids is 1. The number of rotatable bonds is 4. The maximum Gasteiger partial charge on any atom is 0.253 e. The van der Waals surface area contributed by atoms with E-state index in [1.165, 1.54) is 0 Å². The van der Waals surface area contributed by atoms with Gasteiger partial charge in [-0.2, -0.15) is 5.10 Å². The first kappa shape index (κ1) is 16.5. The topological polar surface area (TPSA) is 65.1 Å². The summed E-state index contributed by atoms with van der Waals surface area (Å²) in [5.41, 5.74) is 3.78. The van der Waals surface area contributed by atoms with Gasteiger partial charge in [0.05, 0.1) is 11.4 Å². The fourth-order valence-electron chi connectivity index (χ4n) is 3.22. The number of benzene rings is 1. The Morgan fingerprint density at radius 1 is 0.962 bits per heavy atom. The predicted molar refractivity (Wildman–Crippen MR) is 99.4 cm³/mol. The number of H-pyrrole nitrogens is 1. The molecule has 0 unspecified atom stereocenters. The summed E-state index contributed by atoms with van der Waals surface area (Å²) < 4.78 is 0. The van der Waals surface area contributed by atoms with E-state index in [2.05, 4.69) is 20.1 Å². The summed E-state index contributed by atoms with van der Waals surface area (Å²) in [6, 6.07) is 15.6. The number of aromatic amines is 1. The lowest BCUT2D eigenvalue weighted by atomic mass is 10.1. The number of amides is 1. The molecule has 0 saturated carbocycles. The first-order valence-corrected chi connectivity index (χ1v) is 8.81. The molecule has 1 N–H and O–H groups in total. The van der Waals surface area contributed by atoms with Gasteiger partial charge in [0.1, 0.15) is 0 Å². The number of nitrogens with one attached hydrogen (secondary N) is 1. The number of aromatic nitrogens is 3. The second-order valence-electron chi connectivity index (χ2n) is 6.44. The standard InChI is InChI=1S/C20H21N5O/c26-20(17-6-4-16(5-7-17)19-8-10-22-23-19)25-13-11-24(12-14-25)15-18-3-1-2-9-21-18/h1-10H,11-15H2,(H,22,23). The van der Waals surface area contributed by atoms with Crippen LogP contribution < -0.4 is 0 Å². The Hall–Kier alpha value is -2.99. The zero-order valence-electron chi connectivity index (χ0n) is 14.5. The number of carbonyl (C=O) groups is 1. The van der Waals surface area contributed by atoms with Crippen molar-refractivity contribution in [3.63, 3.8) is 0 Å². The smallest absolute Gasteiger partial charge is 0.253 e. The third kappa shape index (κ3) is 3.65. The van der Waals surface area contributed by atoms with Gasteiger partial charge in [-0.05, 0) is 35.9 Å². The molecule has 26 heavy (non-hydrogen) atoms. The highest BCUT2D eigenvalue weighted by atomic mass is 16.2. The maximum absolute atomic E-state index is 12.7. The van der Waals surface area contributed by atoms with E-state index in [0.717, 1.165) is 55.2 Å². The third-order valence-electron chi connectivity index (χ3n) is 4.71. The molecule has 6 heteroatoms. The van der Waals surface area contributed by atoms with E-state index >= 15 is 0 Å². The number of hydrogen-bond acceptors (Lipinski definition) is 4. The van der Waals surface area contributed by atoms with Gasteiger partial charge in [0, 0.05) is 50.7 Å². The highest BCUT2D eigenvalue weighted by Gasteiger charge is 2.22. The Morgan fingerprint density at radius 3 is 2.42 bits per heavy atom. The molecule has 0 spiro atoms. The average molecular weight is 347 g/mol. The summed E-state index contributed by atoms with van der Waals surface area (Å²) in [6.07, 6.45) is 3.54. The SMILES string of the molecule is O=C(c1ccc(-c2ccn[nH]2)cc1)N1CCN(Cc2ccccn2)CC1. The lowest BCUT2D eigenvalue weighted by Gasteiger charge is -2.34. The van der Waals surface area contributed by atoms with E-state index in [9.17, 15) is 4.79 Å². The fraction of sp³-hybridized carbons (Fsp3) is 0.250. The molecule has 1 aromatic carbocycles. The summed E-state index contributed by atoms with van der Waals surface area (Å²) in [5, 5.41) is 6.89. The summed E-state index contributed by atoms with van der Waals surface area (Å²) in [5.74, 6) is 0.0960. The fourth-order valence-corrected chi connectivity index (χ4v) is 3.22. The molecule has 3 heterocycles. The molecule has 1 amide bonds. The normalized spacial score (nSPS) is 15.2. The molecule has 132 valence electrons. The highest BCUT2D eigenvalue weighted by Crippen LogP contribution is 2.18. The van der Waals surface area contributed by atoms with E-state index in [4.69, 9.17) is 0 Å². The molecule has 0 radical (unpaired) electrons. The van der Waals surface area contributed by atoms with Gasteiger partial charge in [0.25, 0.3) is 5.91 Å². The average Bonchev–Trinajstić information content (AvgIpc) is 3.24. The van der Waals surface area contributed by atoms with Crippen LogP contribution in [0.15, 0.2) is 60.9 Å². The monoisotopic (exact) mass is 347 g/mol. The molecular formula is C20H21N5O. The first-order valence-electron chi connectivity index (χ1n) is 8.81. The molecular weight excluding hydrogens is 326 g/mol. The van der Waals surface area contributed by atoms with E-state index in [0.29, 0.717) is 0 Å². The Morgan fingerprint density at radius 2 is 1.77 bits per heavy atom. The van der Waals surface area contributed by atoms with E-state index < -0.39 is 0 Å². The Balaban J connectivity index is 1.34. The van der Waals surface area contributed by atoms with Crippen molar-refractivity contribution < 1.29 is 4.79 Å². The van der Waals surface area contributed by atoms with Crippen molar-refractivity contribution in [3.05, 3.63) is 72.2 Å². The molecule has 3 aromatic rings. The number of nitrogens with zero attached hydrogens (tertiary/aromatic N) is 4. The summed E-state index contributed by atoms with van der Waals surface area (Å²) in [4.78, 5) is 21.4. The Bertz CT molecular complexity index is 838. The van der Waals surface area contributed by atoms with Gasteiger partial charge in [-0.1, -0.05) is 18.2 Å². The van der Waals surface area contributed by atoms with Gasteiger partial charge < -0.3 is 4.90 Å².